The summed E-state index contributed by atoms with van der Waals surface area (Å²) in [5, 5.41) is 10.2. The van der Waals surface area contributed by atoms with Crippen LogP contribution in [0.25, 0.3) is 10.2 Å². The first-order valence-corrected chi connectivity index (χ1v) is 9.34. The molecule has 1 heterocycles. The maximum atomic E-state index is 12.6. The second-order valence-corrected chi connectivity index (χ2v) is 8.11. The Morgan fingerprint density at radius 1 is 1.21 bits per heavy atom. The number of fused-ring (bicyclic) bond motifs is 1. The molecule has 124 valence electrons. The molecule has 8 heteroatoms. The molecule has 0 radical (unpaired) electrons. The van der Waals surface area contributed by atoms with Crippen molar-refractivity contribution in [1.29, 1.82) is 0 Å². The lowest BCUT2D eigenvalue weighted by Gasteiger charge is -2.15. The molecule has 1 unspecified atom stereocenters. The molecule has 3 rings (SSSR count). The van der Waals surface area contributed by atoms with E-state index in [1.807, 2.05) is 6.92 Å². The minimum atomic E-state index is -3.99. The molecule has 24 heavy (non-hydrogen) atoms. The third kappa shape index (κ3) is 3.30. The van der Waals surface area contributed by atoms with Crippen LogP contribution >= 0.6 is 11.3 Å². The number of nitrogens with zero attached hydrogens (tertiary/aromatic N) is 1. The van der Waals surface area contributed by atoms with Gasteiger partial charge in [-0.2, -0.15) is 4.72 Å². The summed E-state index contributed by atoms with van der Waals surface area (Å²) < 4.78 is 28.2. The van der Waals surface area contributed by atoms with E-state index in [9.17, 15) is 18.3 Å². The molecule has 3 aromatic rings. The highest BCUT2D eigenvalue weighted by Gasteiger charge is 2.27. The van der Waals surface area contributed by atoms with Gasteiger partial charge in [-0.15, -0.1) is 11.3 Å². The molecule has 0 aliphatic rings. The van der Waals surface area contributed by atoms with Gasteiger partial charge in [0.15, 0.2) is 0 Å². The van der Waals surface area contributed by atoms with Crippen LogP contribution in [0.1, 0.15) is 16.6 Å². The lowest BCUT2D eigenvalue weighted by atomic mass is 10.1. The van der Waals surface area contributed by atoms with E-state index in [0.717, 1.165) is 9.71 Å². The van der Waals surface area contributed by atoms with Gasteiger partial charge in [0.2, 0.25) is 10.0 Å². The molecule has 1 atom stereocenters. The molecule has 0 saturated heterocycles. The number of benzene rings is 2. The van der Waals surface area contributed by atoms with Crippen molar-refractivity contribution in [3.8, 4) is 0 Å². The Labute approximate surface area is 142 Å². The Morgan fingerprint density at radius 3 is 2.58 bits per heavy atom. The van der Waals surface area contributed by atoms with E-state index >= 15 is 0 Å². The lowest BCUT2D eigenvalue weighted by molar-refractivity contribution is -0.139. The van der Waals surface area contributed by atoms with Gasteiger partial charge in [-0.25, -0.2) is 13.4 Å². The predicted octanol–water partition coefficient (Wildman–Crippen LogP) is 2.71. The number of aryl methyl sites for hydroxylation is 1. The molecule has 2 N–H and O–H groups in total. The van der Waals surface area contributed by atoms with E-state index in [1.54, 1.807) is 36.4 Å². The van der Waals surface area contributed by atoms with Gasteiger partial charge in [0.25, 0.3) is 0 Å². The fourth-order valence-electron chi connectivity index (χ4n) is 2.32. The lowest BCUT2D eigenvalue weighted by Crippen LogP contribution is -2.33. The number of carboxylic acid groups (broad SMARTS) is 1. The summed E-state index contributed by atoms with van der Waals surface area (Å²) in [5.41, 5.74) is 1.08. The molecule has 1 aromatic heterocycles. The van der Waals surface area contributed by atoms with Gasteiger partial charge in [-0.1, -0.05) is 30.3 Å². The number of nitrogens with one attached hydrogen (secondary N) is 1. The number of rotatable bonds is 5. The fraction of sp³-hybridized carbons (Fsp3) is 0.125. The normalized spacial score (nSPS) is 13.0. The van der Waals surface area contributed by atoms with Crippen LogP contribution in [-0.2, 0) is 14.8 Å². The maximum absolute atomic E-state index is 12.6. The molecule has 0 bridgehead atoms. The summed E-state index contributed by atoms with van der Waals surface area (Å²) in [7, 11) is -3.99. The smallest absolute Gasteiger partial charge is 0.326 e. The Kier molecular flexibility index (Phi) is 4.35. The minimum absolute atomic E-state index is 0.0147. The molecule has 0 saturated carbocycles. The molecule has 0 fully saturated rings. The standard InChI is InChI=1S/C16H14N2O4S2/c1-10-17-13-8-7-12(9-14(13)23-10)24(21,22)18-15(16(19)20)11-5-3-2-4-6-11/h2-9,15,18H,1H3,(H,19,20). The van der Waals surface area contributed by atoms with Crippen LogP contribution in [0, 0.1) is 6.92 Å². The molecule has 0 amide bonds. The SMILES string of the molecule is Cc1nc2ccc(S(=O)(=O)NC(C(=O)O)c3ccccc3)cc2s1. The van der Waals surface area contributed by atoms with Crippen molar-refractivity contribution < 1.29 is 18.3 Å². The van der Waals surface area contributed by atoms with E-state index < -0.39 is 22.0 Å². The van der Waals surface area contributed by atoms with Gasteiger partial charge in [-0.05, 0) is 30.7 Å². The number of aliphatic carboxylic acids is 1. The van der Waals surface area contributed by atoms with Gasteiger partial charge in [-0.3, -0.25) is 4.79 Å². The Balaban J connectivity index is 1.97. The van der Waals surface area contributed by atoms with Crippen molar-refractivity contribution in [2.45, 2.75) is 17.9 Å². The van der Waals surface area contributed by atoms with E-state index in [0.29, 0.717) is 11.1 Å². The topological polar surface area (TPSA) is 96.4 Å². The summed E-state index contributed by atoms with van der Waals surface area (Å²) in [6.07, 6.45) is 0. The highest BCUT2D eigenvalue weighted by atomic mass is 32.2. The second-order valence-electron chi connectivity index (χ2n) is 5.17. The second kappa shape index (κ2) is 6.31. The number of hydrogen-bond donors (Lipinski definition) is 2. The van der Waals surface area contributed by atoms with Crippen molar-refractivity contribution in [3.05, 3.63) is 59.1 Å². The average Bonchev–Trinajstić information content (AvgIpc) is 2.92. The van der Waals surface area contributed by atoms with E-state index in [2.05, 4.69) is 9.71 Å². The van der Waals surface area contributed by atoms with Crippen LogP contribution in [0.5, 0.6) is 0 Å². The fourth-order valence-corrected chi connectivity index (χ4v) is 4.46. The number of sulfonamides is 1. The first kappa shape index (κ1) is 16.6. The predicted molar refractivity (Wildman–Crippen MR) is 91.5 cm³/mol. The molecular weight excluding hydrogens is 348 g/mol. The van der Waals surface area contributed by atoms with E-state index in [1.165, 1.54) is 23.5 Å². The van der Waals surface area contributed by atoms with Crippen molar-refractivity contribution >= 4 is 37.5 Å². The summed E-state index contributed by atoms with van der Waals surface area (Å²) in [4.78, 5) is 15.8. The number of carboxylic acids is 1. The van der Waals surface area contributed by atoms with Crippen molar-refractivity contribution in [2.24, 2.45) is 0 Å². The van der Waals surface area contributed by atoms with Gasteiger partial charge in [0, 0.05) is 0 Å². The highest BCUT2D eigenvalue weighted by Crippen LogP contribution is 2.25. The zero-order valence-corrected chi connectivity index (χ0v) is 14.3. The minimum Gasteiger partial charge on any atom is -0.480 e. The van der Waals surface area contributed by atoms with Crippen LogP contribution in [0.15, 0.2) is 53.4 Å². The molecule has 0 spiro atoms. The van der Waals surface area contributed by atoms with Crippen molar-refractivity contribution in [1.82, 2.24) is 9.71 Å². The van der Waals surface area contributed by atoms with E-state index in [-0.39, 0.29) is 4.90 Å². The molecule has 0 aliphatic heterocycles. The maximum Gasteiger partial charge on any atom is 0.326 e. The monoisotopic (exact) mass is 362 g/mol. The van der Waals surface area contributed by atoms with Crippen molar-refractivity contribution in [3.63, 3.8) is 0 Å². The zero-order valence-electron chi connectivity index (χ0n) is 12.6. The zero-order chi connectivity index (χ0) is 17.3. The first-order valence-electron chi connectivity index (χ1n) is 7.04. The number of hydrogen-bond acceptors (Lipinski definition) is 5. The average molecular weight is 362 g/mol. The van der Waals surface area contributed by atoms with Crippen LogP contribution < -0.4 is 4.72 Å². The van der Waals surface area contributed by atoms with Crippen molar-refractivity contribution in [2.75, 3.05) is 0 Å². The van der Waals surface area contributed by atoms with Crippen LogP contribution in [0.2, 0.25) is 0 Å². The molecule has 2 aromatic carbocycles. The van der Waals surface area contributed by atoms with Gasteiger partial charge in [0.1, 0.15) is 6.04 Å². The summed E-state index contributed by atoms with van der Waals surface area (Å²) >= 11 is 1.38. The highest BCUT2D eigenvalue weighted by molar-refractivity contribution is 7.89. The number of carbonyl (C=O) groups is 1. The van der Waals surface area contributed by atoms with Gasteiger partial charge < -0.3 is 5.11 Å². The summed E-state index contributed by atoms with van der Waals surface area (Å²) in [6, 6.07) is 11.4. The number of aromatic nitrogens is 1. The molecular formula is C16H14N2O4S2. The summed E-state index contributed by atoms with van der Waals surface area (Å²) in [5.74, 6) is -1.26. The first-order chi connectivity index (χ1) is 11.4. The number of thiazole rings is 1. The van der Waals surface area contributed by atoms with Gasteiger partial charge >= 0.3 is 5.97 Å². The Bertz CT molecular complexity index is 997. The summed E-state index contributed by atoms with van der Waals surface area (Å²) in [6.45, 7) is 1.84. The van der Waals surface area contributed by atoms with Crippen LogP contribution in [0.3, 0.4) is 0 Å². The largest absolute Gasteiger partial charge is 0.480 e. The van der Waals surface area contributed by atoms with Gasteiger partial charge in [0.05, 0.1) is 20.1 Å². The Hall–Kier alpha value is -2.29. The Morgan fingerprint density at radius 2 is 1.92 bits per heavy atom. The van der Waals surface area contributed by atoms with Crippen LogP contribution in [0.4, 0.5) is 0 Å². The van der Waals surface area contributed by atoms with E-state index in [4.69, 9.17) is 0 Å². The third-order valence-corrected chi connectivity index (χ3v) is 5.78. The molecule has 0 aliphatic carbocycles. The molecule has 6 nitrogen and oxygen atoms in total. The quantitative estimate of drug-likeness (QED) is 0.727. The van der Waals surface area contributed by atoms with Crippen LogP contribution in [-0.4, -0.2) is 24.5 Å². The third-order valence-electron chi connectivity index (χ3n) is 3.43.